The molecule has 1 aromatic rings. The minimum absolute atomic E-state index is 0.0154. The second-order valence-corrected chi connectivity index (χ2v) is 6.91. The Hall–Kier alpha value is -1.89. The topological polar surface area (TPSA) is 87.3 Å². The molecule has 124 valence electrons. The molecule has 2 aliphatic heterocycles. The molecule has 23 heavy (non-hydrogen) atoms. The van der Waals surface area contributed by atoms with Gasteiger partial charge >= 0.3 is 0 Å². The summed E-state index contributed by atoms with van der Waals surface area (Å²) in [5.41, 5.74) is 1.11. The lowest BCUT2D eigenvalue weighted by atomic mass is 9.73. The standard InChI is InChI=1S/C16H22N4O3/c1-17-15(22)16-4-5-23-8-11(16)7-20(9-16)14(21)12-6-18-19-13(12)10-2-3-10/h6,10-11H,2-5,7-9H2,1H3,(H,17,22)(H,18,19)/t11-,16+/m1/s1. The van der Waals surface area contributed by atoms with Crippen molar-refractivity contribution in [1.29, 1.82) is 0 Å². The van der Waals surface area contributed by atoms with E-state index in [1.807, 2.05) is 4.90 Å². The maximum absolute atomic E-state index is 13.0. The Morgan fingerprint density at radius 2 is 2.30 bits per heavy atom. The second kappa shape index (κ2) is 5.33. The highest BCUT2D eigenvalue weighted by Crippen LogP contribution is 2.44. The zero-order valence-electron chi connectivity index (χ0n) is 13.3. The second-order valence-electron chi connectivity index (χ2n) is 6.91. The maximum atomic E-state index is 13.0. The summed E-state index contributed by atoms with van der Waals surface area (Å²) >= 11 is 0. The van der Waals surface area contributed by atoms with Crippen molar-refractivity contribution in [1.82, 2.24) is 20.4 Å². The molecule has 3 fully saturated rings. The molecule has 3 heterocycles. The molecule has 0 radical (unpaired) electrons. The molecule has 1 saturated carbocycles. The van der Waals surface area contributed by atoms with Gasteiger partial charge < -0.3 is 15.0 Å². The van der Waals surface area contributed by atoms with Crippen LogP contribution in [0.2, 0.25) is 0 Å². The quantitative estimate of drug-likeness (QED) is 0.850. The molecule has 2 atom stereocenters. The summed E-state index contributed by atoms with van der Waals surface area (Å²) in [6.07, 6.45) is 4.52. The van der Waals surface area contributed by atoms with Crippen molar-refractivity contribution < 1.29 is 14.3 Å². The van der Waals surface area contributed by atoms with Gasteiger partial charge in [0.25, 0.3) is 5.91 Å². The van der Waals surface area contributed by atoms with E-state index in [-0.39, 0.29) is 17.7 Å². The predicted octanol–water partition coefficient (Wildman–Crippen LogP) is 0.512. The number of amides is 2. The number of likely N-dealkylation sites (tertiary alicyclic amines) is 1. The summed E-state index contributed by atoms with van der Waals surface area (Å²) in [5, 5.41) is 9.82. The molecule has 2 N–H and O–H groups in total. The van der Waals surface area contributed by atoms with E-state index < -0.39 is 5.41 Å². The van der Waals surface area contributed by atoms with Gasteiger partial charge in [0.2, 0.25) is 5.91 Å². The third-order valence-corrected chi connectivity index (χ3v) is 5.56. The van der Waals surface area contributed by atoms with Crippen LogP contribution in [0.3, 0.4) is 0 Å². The first-order valence-electron chi connectivity index (χ1n) is 8.28. The number of H-pyrrole nitrogens is 1. The zero-order chi connectivity index (χ0) is 16.0. The third-order valence-electron chi connectivity index (χ3n) is 5.56. The monoisotopic (exact) mass is 318 g/mol. The summed E-state index contributed by atoms with van der Waals surface area (Å²) in [6, 6.07) is 0. The first kappa shape index (κ1) is 14.7. The molecular weight excluding hydrogens is 296 g/mol. The largest absolute Gasteiger partial charge is 0.381 e. The minimum Gasteiger partial charge on any atom is -0.381 e. The Balaban J connectivity index is 1.59. The average molecular weight is 318 g/mol. The van der Waals surface area contributed by atoms with Crippen molar-refractivity contribution in [3.05, 3.63) is 17.5 Å². The molecule has 1 aliphatic carbocycles. The molecule has 7 nitrogen and oxygen atoms in total. The van der Waals surface area contributed by atoms with Crippen LogP contribution in [0.25, 0.3) is 0 Å². The van der Waals surface area contributed by atoms with Gasteiger partial charge in [-0.05, 0) is 19.3 Å². The lowest BCUT2D eigenvalue weighted by Gasteiger charge is -2.36. The van der Waals surface area contributed by atoms with Crippen LogP contribution < -0.4 is 5.32 Å². The Morgan fingerprint density at radius 3 is 3.04 bits per heavy atom. The van der Waals surface area contributed by atoms with E-state index in [1.165, 1.54) is 0 Å². The lowest BCUT2D eigenvalue weighted by molar-refractivity contribution is -0.138. The first-order valence-corrected chi connectivity index (χ1v) is 8.28. The minimum atomic E-state index is -0.508. The molecule has 7 heteroatoms. The average Bonchev–Trinajstić information content (AvgIpc) is 3.16. The molecule has 2 amide bonds. The highest BCUT2D eigenvalue weighted by atomic mass is 16.5. The van der Waals surface area contributed by atoms with E-state index in [2.05, 4.69) is 15.5 Å². The van der Waals surface area contributed by atoms with Crippen molar-refractivity contribution >= 4 is 11.8 Å². The molecule has 4 rings (SSSR count). The summed E-state index contributed by atoms with van der Waals surface area (Å²) in [4.78, 5) is 27.2. The number of ether oxygens (including phenoxy) is 1. The van der Waals surface area contributed by atoms with E-state index in [9.17, 15) is 9.59 Å². The fraction of sp³-hybridized carbons (Fsp3) is 0.688. The fourth-order valence-corrected chi connectivity index (χ4v) is 4.04. The molecule has 0 spiro atoms. The lowest BCUT2D eigenvalue weighted by Crippen LogP contribution is -2.49. The van der Waals surface area contributed by atoms with E-state index in [4.69, 9.17) is 4.74 Å². The van der Waals surface area contributed by atoms with Gasteiger partial charge in [0.05, 0.1) is 29.5 Å². The Labute approximate surface area is 134 Å². The molecule has 0 aromatic carbocycles. The number of carbonyl (C=O) groups excluding carboxylic acids is 2. The van der Waals surface area contributed by atoms with Crippen molar-refractivity contribution in [3.63, 3.8) is 0 Å². The van der Waals surface area contributed by atoms with E-state index in [0.717, 1.165) is 18.5 Å². The SMILES string of the molecule is CNC(=O)[C@]12CCOC[C@H]1CN(C(=O)c1cn[nH]c1C1CC1)C2. The number of aromatic nitrogens is 2. The van der Waals surface area contributed by atoms with Crippen molar-refractivity contribution in [3.8, 4) is 0 Å². The van der Waals surface area contributed by atoms with Gasteiger partial charge in [0.15, 0.2) is 0 Å². The van der Waals surface area contributed by atoms with Crippen LogP contribution in [0.1, 0.15) is 41.2 Å². The molecule has 3 aliphatic rings. The van der Waals surface area contributed by atoms with E-state index in [0.29, 0.717) is 44.2 Å². The Kier molecular flexibility index (Phi) is 3.41. The third kappa shape index (κ3) is 2.25. The fourth-order valence-electron chi connectivity index (χ4n) is 4.04. The summed E-state index contributed by atoms with van der Waals surface area (Å²) < 4.78 is 5.56. The van der Waals surface area contributed by atoms with Crippen LogP contribution in [-0.4, -0.2) is 60.3 Å². The number of rotatable bonds is 3. The molecule has 1 aromatic heterocycles. The van der Waals surface area contributed by atoms with Crippen molar-refractivity contribution in [2.75, 3.05) is 33.4 Å². The van der Waals surface area contributed by atoms with Crippen LogP contribution in [0.5, 0.6) is 0 Å². The van der Waals surface area contributed by atoms with Crippen LogP contribution in [0, 0.1) is 11.3 Å². The van der Waals surface area contributed by atoms with Gasteiger partial charge in [-0.25, -0.2) is 0 Å². The maximum Gasteiger partial charge on any atom is 0.257 e. The van der Waals surface area contributed by atoms with E-state index >= 15 is 0 Å². The number of nitrogens with zero attached hydrogens (tertiary/aromatic N) is 2. The van der Waals surface area contributed by atoms with Gasteiger partial charge in [-0.2, -0.15) is 5.10 Å². The summed E-state index contributed by atoms with van der Waals surface area (Å²) in [7, 11) is 1.66. The smallest absolute Gasteiger partial charge is 0.257 e. The molecular formula is C16H22N4O3. The summed E-state index contributed by atoms with van der Waals surface area (Å²) in [6.45, 7) is 2.15. The number of aromatic amines is 1. The van der Waals surface area contributed by atoms with E-state index in [1.54, 1.807) is 13.2 Å². The number of fused-ring (bicyclic) bond motifs is 1. The van der Waals surface area contributed by atoms with Gasteiger partial charge in [-0.3, -0.25) is 14.7 Å². The highest BCUT2D eigenvalue weighted by Gasteiger charge is 2.54. The van der Waals surface area contributed by atoms with Gasteiger partial charge in [0, 0.05) is 38.6 Å². The number of carbonyl (C=O) groups is 2. The van der Waals surface area contributed by atoms with Crippen molar-refractivity contribution in [2.45, 2.75) is 25.2 Å². The number of hydrogen-bond acceptors (Lipinski definition) is 4. The molecule has 0 bridgehead atoms. The Morgan fingerprint density at radius 1 is 1.48 bits per heavy atom. The normalized spacial score (nSPS) is 30.1. The van der Waals surface area contributed by atoms with Crippen LogP contribution in [0.15, 0.2) is 6.20 Å². The van der Waals surface area contributed by atoms with Crippen LogP contribution >= 0.6 is 0 Å². The number of hydrogen-bond donors (Lipinski definition) is 2. The van der Waals surface area contributed by atoms with Crippen molar-refractivity contribution in [2.24, 2.45) is 11.3 Å². The van der Waals surface area contributed by atoms with Crippen LogP contribution in [0.4, 0.5) is 0 Å². The predicted molar refractivity (Wildman–Crippen MR) is 81.9 cm³/mol. The van der Waals surface area contributed by atoms with Gasteiger partial charge in [-0.15, -0.1) is 0 Å². The number of nitrogens with one attached hydrogen (secondary N) is 2. The van der Waals surface area contributed by atoms with Crippen LogP contribution in [-0.2, 0) is 9.53 Å². The zero-order valence-corrected chi connectivity index (χ0v) is 13.3. The molecule has 0 unspecified atom stereocenters. The first-order chi connectivity index (χ1) is 11.2. The van der Waals surface area contributed by atoms with Gasteiger partial charge in [-0.1, -0.05) is 0 Å². The molecule has 2 saturated heterocycles. The Bertz CT molecular complexity index is 639. The van der Waals surface area contributed by atoms with Gasteiger partial charge in [0.1, 0.15) is 0 Å². The highest BCUT2D eigenvalue weighted by molar-refractivity contribution is 5.96. The summed E-state index contributed by atoms with van der Waals surface area (Å²) in [5.74, 6) is 0.517.